The molecule has 1 aliphatic heterocycles. The van der Waals surface area contributed by atoms with E-state index in [0.29, 0.717) is 12.1 Å². The van der Waals surface area contributed by atoms with E-state index in [1.54, 1.807) is 42.4 Å². The van der Waals surface area contributed by atoms with Crippen LogP contribution in [0.25, 0.3) is 0 Å². The number of hydrogen-bond donors (Lipinski definition) is 1. The summed E-state index contributed by atoms with van der Waals surface area (Å²) in [6, 6.07) is 6.58. The smallest absolute Gasteiger partial charge is 0.335 e. The Kier molecular flexibility index (Phi) is 4.14. The molecule has 0 saturated carbocycles. The van der Waals surface area contributed by atoms with E-state index >= 15 is 0 Å². The van der Waals surface area contributed by atoms with E-state index in [1.165, 1.54) is 0 Å². The minimum absolute atomic E-state index is 0.0459. The third kappa shape index (κ3) is 3.11. The molecule has 1 aliphatic rings. The number of benzene rings is 1. The summed E-state index contributed by atoms with van der Waals surface area (Å²) in [5.41, 5.74) is 2.84. The number of carbonyl (C=O) groups is 2. The van der Waals surface area contributed by atoms with Crippen molar-refractivity contribution in [3.05, 3.63) is 52.8 Å². The van der Waals surface area contributed by atoms with Crippen molar-refractivity contribution < 1.29 is 14.7 Å². The van der Waals surface area contributed by atoms with Crippen molar-refractivity contribution in [1.29, 1.82) is 0 Å². The van der Waals surface area contributed by atoms with Crippen LogP contribution in [0.15, 0.2) is 30.5 Å². The SMILES string of the molecule is CN(Cc1ccc(C(=O)O)cc1)C(=O)c1cnn2c1CCCC2. The minimum atomic E-state index is -0.951. The monoisotopic (exact) mass is 313 g/mol. The van der Waals surface area contributed by atoms with Gasteiger partial charge in [0.1, 0.15) is 0 Å². The van der Waals surface area contributed by atoms with Crippen LogP contribution in [0, 0.1) is 0 Å². The van der Waals surface area contributed by atoms with E-state index in [-0.39, 0.29) is 11.5 Å². The summed E-state index contributed by atoms with van der Waals surface area (Å²) in [7, 11) is 1.75. The van der Waals surface area contributed by atoms with Crippen LogP contribution >= 0.6 is 0 Å². The van der Waals surface area contributed by atoms with Crippen LogP contribution in [0.2, 0.25) is 0 Å². The average molecular weight is 313 g/mol. The summed E-state index contributed by atoms with van der Waals surface area (Å²) in [4.78, 5) is 25.1. The van der Waals surface area contributed by atoms with Gasteiger partial charge < -0.3 is 10.0 Å². The molecule has 2 heterocycles. The van der Waals surface area contributed by atoms with Crippen LogP contribution in [-0.2, 0) is 19.5 Å². The van der Waals surface area contributed by atoms with Crippen LogP contribution in [0.5, 0.6) is 0 Å². The normalized spacial score (nSPS) is 13.4. The largest absolute Gasteiger partial charge is 0.478 e. The third-order valence-corrected chi connectivity index (χ3v) is 4.18. The Morgan fingerprint density at radius 2 is 2.00 bits per heavy atom. The van der Waals surface area contributed by atoms with Crippen LogP contribution in [-0.4, -0.2) is 38.7 Å². The first-order valence-electron chi connectivity index (χ1n) is 7.68. The molecular formula is C17H19N3O3. The third-order valence-electron chi connectivity index (χ3n) is 4.18. The van der Waals surface area contributed by atoms with E-state index < -0.39 is 5.97 Å². The van der Waals surface area contributed by atoms with Crippen molar-refractivity contribution in [2.24, 2.45) is 0 Å². The number of aromatic carboxylic acids is 1. The lowest BCUT2D eigenvalue weighted by atomic mass is 10.1. The van der Waals surface area contributed by atoms with Gasteiger partial charge in [0.15, 0.2) is 0 Å². The van der Waals surface area contributed by atoms with Crippen molar-refractivity contribution >= 4 is 11.9 Å². The lowest BCUT2D eigenvalue weighted by Gasteiger charge is -2.19. The second-order valence-electron chi connectivity index (χ2n) is 5.85. The quantitative estimate of drug-likeness (QED) is 0.939. The molecule has 0 aliphatic carbocycles. The van der Waals surface area contributed by atoms with Gasteiger partial charge in [0.25, 0.3) is 5.91 Å². The van der Waals surface area contributed by atoms with Gasteiger partial charge >= 0.3 is 5.97 Å². The van der Waals surface area contributed by atoms with Gasteiger partial charge in [0.2, 0.25) is 0 Å². The molecule has 6 heteroatoms. The zero-order chi connectivity index (χ0) is 16.4. The van der Waals surface area contributed by atoms with E-state index in [2.05, 4.69) is 5.10 Å². The molecule has 0 spiro atoms. The number of rotatable bonds is 4. The predicted octanol–water partition coefficient (Wildman–Crippen LogP) is 2.19. The fourth-order valence-corrected chi connectivity index (χ4v) is 2.90. The predicted molar refractivity (Wildman–Crippen MR) is 84.4 cm³/mol. The van der Waals surface area contributed by atoms with E-state index in [1.807, 2.05) is 4.68 Å². The van der Waals surface area contributed by atoms with Crippen molar-refractivity contribution in [3.63, 3.8) is 0 Å². The molecule has 0 unspecified atom stereocenters. The summed E-state index contributed by atoms with van der Waals surface area (Å²) in [5.74, 6) is -0.997. The highest BCUT2D eigenvalue weighted by atomic mass is 16.4. The zero-order valence-electron chi connectivity index (χ0n) is 13.0. The topological polar surface area (TPSA) is 75.4 Å². The number of hydrogen-bond acceptors (Lipinski definition) is 3. The minimum Gasteiger partial charge on any atom is -0.478 e. The summed E-state index contributed by atoms with van der Waals surface area (Å²) in [5, 5.41) is 13.2. The number of carboxylic acid groups (broad SMARTS) is 1. The number of amides is 1. The molecule has 120 valence electrons. The Bertz CT molecular complexity index is 734. The average Bonchev–Trinajstić information content (AvgIpc) is 2.98. The molecule has 0 fully saturated rings. The molecule has 0 atom stereocenters. The second kappa shape index (κ2) is 6.24. The summed E-state index contributed by atoms with van der Waals surface area (Å²) in [6.07, 6.45) is 4.75. The number of nitrogens with zero attached hydrogens (tertiary/aromatic N) is 3. The van der Waals surface area contributed by atoms with Gasteiger partial charge in [-0.1, -0.05) is 12.1 Å². The van der Waals surface area contributed by atoms with Crippen molar-refractivity contribution in [1.82, 2.24) is 14.7 Å². The molecule has 1 aromatic heterocycles. The Hall–Kier alpha value is -2.63. The summed E-state index contributed by atoms with van der Waals surface area (Å²) < 4.78 is 1.92. The van der Waals surface area contributed by atoms with Gasteiger partial charge in [0.05, 0.1) is 23.0 Å². The van der Waals surface area contributed by atoms with Crippen molar-refractivity contribution in [3.8, 4) is 0 Å². The van der Waals surface area contributed by atoms with Gasteiger partial charge in [-0.2, -0.15) is 5.10 Å². The number of carbonyl (C=O) groups excluding carboxylic acids is 1. The fraction of sp³-hybridized carbons (Fsp3) is 0.353. The molecule has 0 radical (unpaired) electrons. The number of carboxylic acids is 1. The first-order chi connectivity index (χ1) is 11.1. The zero-order valence-corrected chi connectivity index (χ0v) is 13.0. The molecule has 23 heavy (non-hydrogen) atoms. The van der Waals surface area contributed by atoms with Crippen LogP contribution in [0.4, 0.5) is 0 Å². The maximum Gasteiger partial charge on any atom is 0.335 e. The maximum absolute atomic E-state index is 12.6. The molecular weight excluding hydrogens is 294 g/mol. The highest BCUT2D eigenvalue weighted by Gasteiger charge is 2.22. The summed E-state index contributed by atoms with van der Waals surface area (Å²) >= 11 is 0. The van der Waals surface area contributed by atoms with Crippen LogP contribution in [0.3, 0.4) is 0 Å². The molecule has 3 rings (SSSR count). The number of aryl methyl sites for hydroxylation is 1. The van der Waals surface area contributed by atoms with Crippen LogP contribution < -0.4 is 0 Å². The molecule has 0 bridgehead atoms. The molecule has 0 saturated heterocycles. The Morgan fingerprint density at radius 3 is 2.70 bits per heavy atom. The first kappa shape index (κ1) is 15.3. The molecule has 6 nitrogen and oxygen atoms in total. The van der Waals surface area contributed by atoms with E-state index in [9.17, 15) is 9.59 Å². The molecule has 1 aromatic carbocycles. The Labute approximate surface area is 134 Å². The molecule has 1 amide bonds. The van der Waals surface area contributed by atoms with Gasteiger partial charge in [-0.25, -0.2) is 4.79 Å². The van der Waals surface area contributed by atoms with Crippen molar-refractivity contribution in [2.45, 2.75) is 32.4 Å². The van der Waals surface area contributed by atoms with E-state index in [0.717, 1.165) is 37.1 Å². The van der Waals surface area contributed by atoms with Gasteiger partial charge in [0, 0.05) is 20.1 Å². The van der Waals surface area contributed by atoms with Crippen molar-refractivity contribution in [2.75, 3.05) is 7.05 Å². The Morgan fingerprint density at radius 1 is 1.26 bits per heavy atom. The number of aromatic nitrogens is 2. The summed E-state index contributed by atoms with van der Waals surface area (Å²) in [6.45, 7) is 1.31. The van der Waals surface area contributed by atoms with Crippen LogP contribution in [0.1, 0.15) is 44.8 Å². The number of fused-ring (bicyclic) bond motifs is 1. The first-order valence-corrected chi connectivity index (χ1v) is 7.68. The Balaban J connectivity index is 1.72. The second-order valence-corrected chi connectivity index (χ2v) is 5.85. The van der Waals surface area contributed by atoms with Gasteiger partial charge in [-0.05, 0) is 37.0 Å². The standard InChI is InChI=1S/C17H19N3O3/c1-19(11-12-5-7-13(8-6-12)17(22)23)16(21)14-10-18-20-9-3-2-4-15(14)20/h5-8,10H,2-4,9,11H2,1H3,(H,22,23). The highest BCUT2D eigenvalue weighted by Crippen LogP contribution is 2.20. The fourth-order valence-electron chi connectivity index (χ4n) is 2.90. The lowest BCUT2D eigenvalue weighted by Crippen LogP contribution is -2.27. The molecule has 2 aromatic rings. The molecule has 1 N–H and O–H groups in total. The lowest BCUT2D eigenvalue weighted by molar-refractivity contribution is 0.0695. The highest BCUT2D eigenvalue weighted by molar-refractivity contribution is 5.95. The van der Waals surface area contributed by atoms with E-state index in [4.69, 9.17) is 5.11 Å². The van der Waals surface area contributed by atoms with Gasteiger partial charge in [-0.15, -0.1) is 0 Å². The maximum atomic E-state index is 12.6. The van der Waals surface area contributed by atoms with Gasteiger partial charge in [-0.3, -0.25) is 9.48 Å².